The topological polar surface area (TPSA) is 79.1 Å². The molecule has 0 aliphatic heterocycles. The highest BCUT2D eigenvalue weighted by Crippen LogP contribution is 2.25. The summed E-state index contributed by atoms with van der Waals surface area (Å²) in [6.45, 7) is 0. The fraction of sp³-hybridized carbons (Fsp3) is 0.429. The number of benzene rings is 1. The van der Waals surface area contributed by atoms with Gasteiger partial charge in [0.1, 0.15) is 12.4 Å². The van der Waals surface area contributed by atoms with Gasteiger partial charge in [0.15, 0.2) is 0 Å². The molecule has 1 aromatic carbocycles. The summed E-state index contributed by atoms with van der Waals surface area (Å²) in [7, 11) is 1.65. The van der Waals surface area contributed by atoms with E-state index in [0.29, 0.717) is 11.3 Å². The first kappa shape index (κ1) is 13.7. The summed E-state index contributed by atoms with van der Waals surface area (Å²) in [6, 6.07) is 7.01. The number of aromatic nitrogens is 4. The Kier molecular flexibility index (Phi) is 3.92. The maximum atomic E-state index is 12.2. The zero-order chi connectivity index (χ0) is 14.7. The predicted molar refractivity (Wildman–Crippen MR) is 73.0 cm³/mol. The minimum Gasteiger partial charge on any atom is -0.456 e. The minimum absolute atomic E-state index is 0.00310. The quantitative estimate of drug-likeness (QED) is 0.791. The van der Waals surface area contributed by atoms with Crippen molar-refractivity contribution in [3.05, 3.63) is 36.2 Å². The number of methoxy groups -OCH3 is 1. The number of carbonyl (C=O) groups excluding carboxylic acids is 1. The van der Waals surface area contributed by atoms with Crippen LogP contribution in [0.3, 0.4) is 0 Å². The molecular formula is C14H16N4O3. The van der Waals surface area contributed by atoms with Crippen molar-refractivity contribution < 1.29 is 14.3 Å². The Morgan fingerprint density at radius 3 is 2.95 bits per heavy atom. The number of rotatable bonds is 4. The van der Waals surface area contributed by atoms with E-state index < -0.39 is 0 Å². The van der Waals surface area contributed by atoms with Crippen molar-refractivity contribution in [3.63, 3.8) is 0 Å². The Morgan fingerprint density at radius 1 is 1.33 bits per heavy atom. The summed E-state index contributed by atoms with van der Waals surface area (Å²) in [4.78, 5) is 12.2. The van der Waals surface area contributed by atoms with Crippen molar-refractivity contribution in [1.82, 2.24) is 20.2 Å². The molecule has 21 heavy (non-hydrogen) atoms. The van der Waals surface area contributed by atoms with Crippen LogP contribution in [0, 0.1) is 0 Å². The number of carbonyl (C=O) groups is 1. The van der Waals surface area contributed by atoms with E-state index in [2.05, 4.69) is 15.5 Å². The summed E-state index contributed by atoms with van der Waals surface area (Å²) >= 11 is 0. The van der Waals surface area contributed by atoms with Gasteiger partial charge >= 0.3 is 5.97 Å². The molecule has 2 aromatic rings. The van der Waals surface area contributed by atoms with Crippen molar-refractivity contribution >= 4 is 5.97 Å². The molecule has 0 radical (unpaired) electrons. The van der Waals surface area contributed by atoms with E-state index in [1.54, 1.807) is 25.3 Å². The van der Waals surface area contributed by atoms with Crippen LogP contribution >= 0.6 is 0 Å². The van der Waals surface area contributed by atoms with Gasteiger partial charge in [-0.25, -0.2) is 9.48 Å². The van der Waals surface area contributed by atoms with Gasteiger partial charge in [0.05, 0.1) is 17.4 Å². The average Bonchev–Trinajstić information content (AvgIpc) is 3.18. The second kappa shape index (κ2) is 6.01. The molecule has 0 amide bonds. The summed E-state index contributed by atoms with van der Waals surface area (Å²) in [5.41, 5.74) is 1.19. The van der Waals surface area contributed by atoms with E-state index in [1.165, 1.54) is 11.0 Å². The predicted octanol–water partition coefficient (Wildman–Crippen LogP) is 1.39. The first-order valence-electron chi connectivity index (χ1n) is 6.85. The Balaban J connectivity index is 1.74. The van der Waals surface area contributed by atoms with Crippen molar-refractivity contribution in [2.24, 2.45) is 0 Å². The zero-order valence-electron chi connectivity index (χ0n) is 11.7. The molecule has 2 atom stereocenters. The van der Waals surface area contributed by atoms with Crippen LogP contribution in [0.2, 0.25) is 0 Å². The molecule has 7 nitrogen and oxygen atoms in total. The lowest BCUT2D eigenvalue weighted by atomic mass is 10.2. The number of hydrogen-bond acceptors (Lipinski definition) is 6. The van der Waals surface area contributed by atoms with Gasteiger partial charge in [-0.3, -0.25) is 0 Å². The third-order valence-corrected chi connectivity index (χ3v) is 3.65. The monoisotopic (exact) mass is 288 g/mol. The fourth-order valence-corrected chi connectivity index (χ4v) is 2.56. The summed E-state index contributed by atoms with van der Waals surface area (Å²) in [5, 5.41) is 11.0. The molecule has 1 aliphatic rings. The van der Waals surface area contributed by atoms with Gasteiger partial charge in [-0.15, -0.1) is 5.10 Å². The highest BCUT2D eigenvalue weighted by atomic mass is 16.6. The van der Waals surface area contributed by atoms with Gasteiger partial charge in [-0.2, -0.15) is 0 Å². The van der Waals surface area contributed by atoms with Gasteiger partial charge < -0.3 is 9.47 Å². The van der Waals surface area contributed by atoms with Crippen molar-refractivity contribution in [1.29, 1.82) is 0 Å². The Morgan fingerprint density at radius 2 is 2.19 bits per heavy atom. The van der Waals surface area contributed by atoms with E-state index in [9.17, 15) is 4.79 Å². The molecular weight excluding hydrogens is 272 g/mol. The van der Waals surface area contributed by atoms with Crippen LogP contribution in [0.25, 0.3) is 5.69 Å². The normalized spacial score (nSPS) is 21.4. The molecule has 110 valence electrons. The van der Waals surface area contributed by atoms with E-state index in [-0.39, 0.29) is 18.2 Å². The van der Waals surface area contributed by atoms with Crippen molar-refractivity contribution in [2.45, 2.75) is 31.5 Å². The van der Waals surface area contributed by atoms with Crippen LogP contribution in [0.1, 0.15) is 29.6 Å². The van der Waals surface area contributed by atoms with Crippen LogP contribution in [-0.2, 0) is 9.47 Å². The third kappa shape index (κ3) is 2.92. The Hall–Kier alpha value is -2.28. The van der Waals surface area contributed by atoms with E-state index in [4.69, 9.17) is 9.47 Å². The summed E-state index contributed by atoms with van der Waals surface area (Å²) in [5.74, 6) is -0.348. The second-order valence-electron chi connectivity index (χ2n) is 4.95. The lowest BCUT2D eigenvalue weighted by Gasteiger charge is -2.18. The average molecular weight is 288 g/mol. The first-order chi connectivity index (χ1) is 10.3. The SMILES string of the molecule is COC1CCCC1OC(=O)c1cccc(-n2cnnn2)c1. The molecule has 0 saturated heterocycles. The summed E-state index contributed by atoms with van der Waals surface area (Å²) < 4.78 is 12.4. The van der Waals surface area contributed by atoms with Gasteiger partial charge in [-0.1, -0.05) is 6.07 Å². The standard InChI is InChI=1S/C14H16N4O3/c1-20-12-6-3-7-13(12)21-14(19)10-4-2-5-11(8-10)18-9-15-16-17-18/h2,4-5,8-9,12-13H,3,6-7H2,1H3. The lowest BCUT2D eigenvalue weighted by molar-refractivity contribution is -0.0206. The maximum Gasteiger partial charge on any atom is 0.338 e. The Bertz CT molecular complexity index is 614. The molecule has 1 fully saturated rings. The molecule has 7 heteroatoms. The smallest absolute Gasteiger partial charge is 0.338 e. The van der Waals surface area contributed by atoms with Gasteiger partial charge in [0.2, 0.25) is 0 Å². The Labute approximate surface area is 121 Å². The molecule has 1 aliphatic carbocycles. The summed E-state index contributed by atoms with van der Waals surface area (Å²) in [6.07, 6.45) is 4.09. The van der Waals surface area contributed by atoms with Crippen LogP contribution < -0.4 is 0 Å². The molecule has 1 heterocycles. The molecule has 0 N–H and O–H groups in total. The molecule has 2 unspecified atom stereocenters. The molecule has 0 bridgehead atoms. The highest BCUT2D eigenvalue weighted by Gasteiger charge is 2.30. The molecule has 1 saturated carbocycles. The highest BCUT2D eigenvalue weighted by molar-refractivity contribution is 5.90. The number of tetrazole rings is 1. The fourth-order valence-electron chi connectivity index (χ4n) is 2.56. The number of hydrogen-bond donors (Lipinski definition) is 0. The van der Waals surface area contributed by atoms with Crippen LogP contribution in [0.5, 0.6) is 0 Å². The van der Waals surface area contributed by atoms with Gasteiger partial charge in [-0.05, 0) is 47.9 Å². The van der Waals surface area contributed by atoms with Crippen molar-refractivity contribution in [3.8, 4) is 5.69 Å². The van der Waals surface area contributed by atoms with E-state index in [1.807, 2.05) is 6.07 Å². The minimum atomic E-state index is -0.348. The lowest BCUT2D eigenvalue weighted by Crippen LogP contribution is -2.27. The van der Waals surface area contributed by atoms with Gasteiger partial charge in [0, 0.05) is 7.11 Å². The second-order valence-corrected chi connectivity index (χ2v) is 4.95. The third-order valence-electron chi connectivity index (χ3n) is 3.65. The maximum absolute atomic E-state index is 12.2. The van der Waals surface area contributed by atoms with Crippen LogP contribution in [0.4, 0.5) is 0 Å². The zero-order valence-corrected chi connectivity index (χ0v) is 11.7. The number of nitrogens with zero attached hydrogens (tertiary/aromatic N) is 4. The first-order valence-corrected chi connectivity index (χ1v) is 6.85. The molecule has 0 spiro atoms. The van der Waals surface area contributed by atoms with Crippen molar-refractivity contribution in [2.75, 3.05) is 7.11 Å². The number of esters is 1. The van der Waals surface area contributed by atoms with E-state index >= 15 is 0 Å². The molecule has 3 rings (SSSR count). The van der Waals surface area contributed by atoms with Crippen LogP contribution in [-0.4, -0.2) is 45.5 Å². The van der Waals surface area contributed by atoms with Gasteiger partial charge in [0.25, 0.3) is 0 Å². The number of ether oxygens (including phenoxy) is 2. The largest absolute Gasteiger partial charge is 0.456 e. The van der Waals surface area contributed by atoms with E-state index in [0.717, 1.165) is 19.3 Å². The van der Waals surface area contributed by atoms with Crippen LogP contribution in [0.15, 0.2) is 30.6 Å². The molecule has 1 aromatic heterocycles.